The number of piperidine rings is 1. The number of anilines is 1. The van der Waals surface area contributed by atoms with Crippen molar-refractivity contribution in [1.82, 2.24) is 5.32 Å². The normalized spacial score (nSPS) is 30.1. The lowest BCUT2D eigenvalue weighted by molar-refractivity contribution is -0.117. The van der Waals surface area contributed by atoms with Crippen molar-refractivity contribution in [2.24, 2.45) is 5.92 Å². The highest BCUT2D eigenvalue weighted by atomic mass is 16.1. The number of hydrogen-bond acceptors (Lipinski definition) is 2. The van der Waals surface area contributed by atoms with Crippen molar-refractivity contribution in [3.63, 3.8) is 0 Å². The molecule has 96 valence electrons. The summed E-state index contributed by atoms with van der Waals surface area (Å²) >= 11 is 0. The van der Waals surface area contributed by atoms with Crippen LogP contribution in [0.1, 0.15) is 32.1 Å². The maximum atomic E-state index is 12.0. The lowest BCUT2D eigenvalue weighted by Gasteiger charge is -2.28. The van der Waals surface area contributed by atoms with Gasteiger partial charge in [0.2, 0.25) is 5.91 Å². The summed E-state index contributed by atoms with van der Waals surface area (Å²) in [5, 5.41) is 6.59. The van der Waals surface area contributed by atoms with Gasteiger partial charge >= 0.3 is 0 Å². The van der Waals surface area contributed by atoms with Crippen molar-refractivity contribution < 1.29 is 4.79 Å². The summed E-state index contributed by atoms with van der Waals surface area (Å²) in [6.07, 6.45) is 5.59. The van der Waals surface area contributed by atoms with E-state index in [1.807, 2.05) is 30.3 Å². The van der Waals surface area contributed by atoms with Crippen LogP contribution in [0.25, 0.3) is 0 Å². The standard InChI is InChI=1S/C15H20N2O/c18-15(17-12-4-2-1-3-5-12)10-11-8-13-6-7-14(9-11)16-13/h1-5,11,13-14,16H,6-10H2,(H,17,18). The number of fused-ring (bicyclic) bond motifs is 2. The van der Waals surface area contributed by atoms with E-state index in [4.69, 9.17) is 0 Å². The van der Waals surface area contributed by atoms with E-state index >= 15 is 0 Å². The highest BCUT2D eigenvalue weighted by Crippen LogP contribution is 2.32. The third-order valence-corrected chi connectivity index (χ3v) is 4.10. The molecule has 1 aromatic carbocycles. The average Bonchev–Trinajstić information content (AvgIpc) is 2.70. The quantitative estimate of drug-likeness (QED) is 0.858. The molecule has 2 aliphatic rings. The van der Waals surface area contributed by atoms with Crippen LogP contribution in [-0.4, -0.2) is 18.0 Å². The predicted molar refractivity (Wildman–Crippen MR) is 72.4 cm³/mol. The van der Waals surface area contributed by atoms with E-state index in [1.54, 1.807) is 0 Å². The molecule has 2 fully saturated rings. The number of carbonyl (C=O) groups is 1. The molecule has 0 saturated carbocycles. The number of benzene rings is 1. The van der Waals surface area contributed by atoms with Gasteiger partial charge in [-0.25, -0.2) is 0 Å². The van der Waals surface area contributed by atoms with Crippen LogP contribution in [0.5, 0.6) is 0 Å². The minimum atomic E-state index is 0.160. The molecule has 2 aliphatic heterocycles. The first-order valence-electron chi connectivity index (χ1n) is 6.90. The fourth-order valence-electron chi connectivity index (χ4n) is 3.34. The summed E-state index contributed by atoms with van der Waals surface area (Å²) in [4.78, 5) is 12.0. The van der Waals surface area contributed by atoms with Crippen molar-refractivity contribution in [1.29, 1.82) is 0 Å². The van der Waals surface area contributed by atoms with Crippen LogP contribution in [0, 0.1) is 5.92 Å². The van der Waals surface area contributed by atoms with Crippen LogP contribution >= 0.6 is 0 Å². The summed E-state index contributed by atoms with van der Waals surface area (Å²) in [6.45, 7) is 0. The van der Waals surface area contributed by atoms with E-state index in [0.29, 0.717) is 24.4 Å². The zero-order valence-electron chi connectivity index (χ0n) is 10.6. The number of carbonyl (C=O) groups excluding carboxylic acids is 1. The molecule has 0 radical (unpaired) electrons. The second-order valence-corrected chi connectivity index (χ2v) is 5.59. The summed E-state index contributed by atoms with van der Waals surface area (Å²) in [5.74, 6) is 0.722. The number of hydrogen-bond donors (Lipinski definition) is 2. The Morgan fingerprint density at radius 1 is 1.17 bits per heavy atom. The fourth-order valence-corrected chi connectivity index (χ4v) is 3.34. The van der Waals surface area contributed by atoms with E-state index in [1.165, 1.54) is 25.7 Å². The summed E-state index contributed by atoms with van der Waals surface area (Å²) < 4.78 is 0. The first-order valence-corrected chi connectivity index (χ1v) is 6.90. The maximum Gasteiger partial charge on any atom is 0.224 e. The highest BCUT2D eigenvalue weighted by Gasteiger charge is 2.34. The topological polar surface area (TPSA) is 41.1 Å². The molecule has 0 aromatic heterocycles. The molecular formula is C15H20N2O. The van der Waals surface area contributed by atoms with Crippen LogP contribution < -0.4 is 10.6 Å². The highest BCUT2D eigenvalue weighted by molar-refractivity contribution is 5.90. The molecule has 3 rings (SSSR count). The SMILES string of the molecule is O=C(CC1CC2CCC(C1)N2)Nc1ccccc1. The Kier molecular flexibility index (Phi) is 3.33. The minimum Gasteiger partial charge on any atom is -0.326 e. The van der Waals surface area contributed by atoms with E-state index in [9.17, 15) is 4.79 Å². The van der Waals surface area contributed by atoms with Crippen LogP contribution in [0.2, 0.25) is 0 Å². The lowest BCUT2D eigenvalue weighted by atomic mass is 9.89. The van der Waals surface area contributed by atoms with Gasteiger partial charge in [-0.05, 0) is 43.7 Å². The molecule has 3 nitrogen and oxygen atoms in total. The molecule has 2 unspecified atom stereocenters. The number of amides is 1. The monoisotopic (exact) mass is 244 g/mol. The van der Waals surface area contributed by atoms with Crippen molar-refractivity contribution >= 4 is 11.6 Å². The van der Waals surface area contributed by atoms with E-state index in [2.05, 4.69) is 10.6 Å². The van der Waals surface area contributed by atoms with Gasteiger partial charge in [-0.15, -0.1) is 0 Å². The van der Waals surface area contributed by atoms with Crippen LogP contribution in [-0.2, 0) is 4.79 Å². The molecule has 2 atom stereocenters. The molecule has 1 aromatic rings. The Morgan fingerprint density at radius 3 is 2.50 bits per heavy atom. The number of para-hydroxylation sites is 1. The van der Waals surface area contributed by atoms with Gasteiger partial charge in [-0.3, -0.25) is 4.79 Å². The van der Waals surface area contributed by atoms with Gasteiger partial charge in [0.15, 0.2) is 0 Å². The van der Waals surface area contributed by atoms with Gasteiger partial charge in [-0.2, -0.15) is 0 Å². The minimum absolute atomic E-state index is 0.160. The van der Waals surface area contributed by atoms with Gasteiger partial charge in [0.25, 0.3) is 0 Å². The zero-order valence-corrected chi connectivity index (χ0v) is 10.6. The molecule has 2 bridgehead atoms. The first-order chi connectivity index (χ1) is 8.79. The van der Waals surface area contributed by atoms with Gasteiger partial charge in [0.1, 0.15) is 0 Å². The van der Waals surface area contributed by atoms with E-state index < -0.39 is 0 Å². The van der Waals surface area contributed by atoms with Gasteiger partial charge in [0.05, 0.1) is 0 Å². The second-order valence-electron chi connectivity index (χ2n) is 5.59. The average molecular weight is 244 g/mol. The van der Waals surface area contributed by atoms with Crippen LogP contribution in [0.15, 0.2) is 30.3 Å². The molecule has 2 N–H and O–H groups in total. The molecule has 1 amide bonds. The van der Waals surface area contributed by atoms with E-state index in [0.717, 1.165) is 5.69 Å². The molecular weight excluding hydrogens is 224 g/mol. The summed E-state index contributed by atoms with van der Waals surface area (Å²) in [7, 11) is 0. The van der Waals surface area contributed by atoms with Crippen molar-refractivity contribution in [2.45, 2.75) is 44.2 Å². The van der Waals surface area contributed by atoms with Gasteiger partial charge in [0, 0.05) is 24.2 Å². The lowest BCUT2D eigenvalue weighted by Crippen LogP contribution is -2.39. The fraction of sp³-hybridized carbons (Fsp3) is 0.533. The second kappa shape index (κ2) is 5.11. The third kappa shape index (κ3) is 2.72. The van der Waals surface area contributed by atoms with Gasteiger partial charge < -0.3 is 10.6 Å². The summed E-state index contributed by atoms with van der Waals surface area (Å²) in [5.41, 5.74) is 0.902. The largest absolute Gasteiger partial charge is 0.326 e. The number of rotatable bonds is 3. The molecule has 0 aliphatic carbocycles. The summed E-state index contributed by atoms with van der Waals surface area (Å²) in [6, 6.07) is 11.0. The van der Waals surface area contributed by atoms with Gasteiger partial charge in [-0.1, -0.05) is 18.2 Å². The molecule has 2 saturated heterocycles. The Bertz CT molecular complexity index is 406. The van der Waals surface area contributed by atoms with Crippen LogP contribution in [0.4, 0.5) is 5.69 Å². The molecule has 3 heteroatoms. The van der Waals surface area contributed by atoms with Crippen molar-refractivity contribution in [3.05, 3.63) is 30.3 Å². The van der Waals surface area contributed by atoms with Crippen LogP contribution in [0.3, 0.4) is 0 Å². The Hall–Kier alpha value is -1.35. The first kappa shape index (κ1) is 11.7. The zero-order chi connectivity index (χ0) is 12.4. The van der Waals surface area contributed by atoms with Crippen molar-refractivity contribution in [2.75, 3.05) is 5.32 Å². The molecule has 18 heavy (non-hydrogen) atoms. The Balaban J connectivity index is 1.52. The Labute approximate surface area is 108 Å². The molecule has 2 heterocycles. The smallest absolute Gasteiger partial charge is 0.224 e. The predicted octanol–water partition coefficient (Wildman–Crippen LogP) is 2.55. The maximum absolute atomic E-state index is 12.0. The molecule has 0 spiro atoms. The number of nitrogens with one attached hydrogen (secondary N) is 2. The Morgan fingerprint density at radius 2 is 1.83 bits per heavy atom. The van der Waals surface area contributed by atoms with E-state index in [-0.39, 0.29) is 5.91 Å². The van der Waals surface area contributed by atoms with Crippen molar-refractivity contribution in [3.8, 4) is 0 Å². The third-order valence-electron chi connectivity index (χ3n) is 4.10.